The number of fused-ring (bicyclic) bond motifs is 7. The van der Waals surface area contributed by atoms with Gasteiger partial charge >= 0.3 is 0 Å². The number of aromatic nitrogens is 2. The van der Waals surface area contributed by atoms with Gasteiger partial charge < -0.3 is 9.55 Å². The summed E-state index contributed by atoms with van der Waals surface area (Å²) in [5.74, 6) is 0. The molecular weight excluding hydrogens is 412 g/mol. The van der Waals surface area contributed by atoms with Gasteiger partial charge in [-0.2, -0.15) is 0 Å². The smallest absolute Gasteiger partial charge is 0.0562 e. The van der Waals surface area contributed by atoms with Crippen LogP contribution in [0.2, 0.25) is 0 Å². The van der Waals surface area contributed by atoms with E-state index in [9.17, 15) is 0 Å². The van der Waals surface area contributed by atoms with Crippen LogP contribution in [-0.2, 0) is 10.8 Å². The highest BCUT2D eigenvalue weighted by molar-refractivity contribution is 6.18. The van der Waals surface area contributed by atoms with Crippen molar-refractivity contribution in [3.63, 3.8) is 0 Å². The second-order valence-electron chi connectivity index (χ2n) is 11.4. The molecule has 0 radical (unpaired) electrons. The van der Waals surface area contributed by atoms with Gasteiger partial charge in [0.25, 0.3) is 0 Å². The fourth-order valence-electron chi connectivity index (χ4n) is 6.28. The van der Waals surface area contributed by atoms with E-state index in [-0.39, 0.29) is 10.8 Å². The van der Waals surface area contributed by atoms with Crippen molar-refractivity contribution in [3.8, 4) is 5.69 Å². The Morgan fingerprint density at radius 3 is 1.97 bits per heavy atom. The zero-order valence-corrected chi connectivity index (χ0v) is 20.4. The molecular formula is C32H30N2. The maximum atomic E-state index is 3.66. The molecule has 0 bridgehead atoms. The van der Waals surface area contributed by atoms with E-state index in [0.717, 1.165) is 0 Å². The van der Waals surface area contributed by atoms with Crippen LogP contribution in [0.3, 0.4) is 0 Å². The summed E-state index contributed by atoms with van der Waals surface area (Å²) in [7, 11) is 0. The SMILES string of the molecule is CC1(C)CCC(C)(C)c2cc3c(cc21)c1cc2c(cc1n3-c1ccccc1)[nH]c1ccccc12. The van der Waals surface area contributed by atoms with E-state index in [1.165, 1.54) is 73.3 Å². The number of hydrogen-bond acceptors (Lipinski definition) is 0. The van der Waals surface area contributed by atoms with Gasteiger partial charge in [0, 0.05) is 38.3 Å². The first-order valence-corrected chi connectivity index (χ1v) is 12.4. The molecule has 0 fully saturated rings. The van der Waals surface area contributed by atoms with Crippen molar-refractivity contribution in [1.82, 2.24) is 9.55 Å². The summed E-state index contributed by atoms with van der Waals surface area (Å²) in [6, 6.07) is 29.3. The van der Waals surface area contributed by atoms with Crippen molar-refractivity contribution in [1.29, 1.82) is 0 Å². The summed E-state index contributed by atoms with van der Waals surface area (Å²) in [6.07, 6.45) is 2.45. The molecule has 0 aliphatic heterocycles. The van der Waals surface area contributed by atoms with E-state index in [1.54, 1.807) is 0 Å². The topological polar surface area (TPSA) is 20.7 Å². The molecule has 2 heteroatoms. The van der Waals surface area contributed by atoms with Crippen LogP contribution in [0.25, 0.3) is 49.3 Å². The molecule has 1 aliphatic rings. The molecule has 2 nitrogen and oxygen atoms in total. The quantitative estimate of drug-likeness (QED) is 0.263. The summed E-state index contributed by atoms with van der Waals surface area (Å²) in [5.41, 5.74) is 9.56. The Morgan fingerprint density at radius 1 is 0.588 bits per heavy atom. The first-order chi connectivity index (χ1) is 16.3. The molecule has 0 spiro atoms. The molecule has 0 amide bonds. The lowest BCUT2D eigenvalue weighted by atomic mass is 9.63. The number of nitrogens with one attached hydrogen (secondary N) is 1. The molecule has 0 unspecified atom stereocenters. The van der Waals surface area contributed by atoms with Crippen LogP contribution >= 0.6 is 0 Å². The highest BCUT2D eigenvalue weighted by Crippen LogP contribution is 2.48. The van der Waals surface area contributed by atoms with E-state index < -0.39 is 0 Å². The Balaban J connectivity index is 1.69. The van der Waals surface area contributed by atoms with Crippen molar-refractivity contribution in [2.24, 2.45) is 0 Å². The molecule has 2 heterocycles. The maximum Gasteiger partial charge on any atom is 0.0562 e. The van der Waals surface area contributed by atoms with Crippen LogP contribution in [-0.4, -0.2) is 9.55 Å². The maximum absolute atomic E-state index is 3.66. The van der Waals surface area contributed by atoms with Crippen molar-refractivity contribution >= 4 is 43.6 Å². The standard InChI is InChI=1S/C32H30N2/c1-31(2)14-15-32(3,4)26-18-29-24(17-25(26)31)23-16-22-21-12-8-9-13-27(21)33-28(22)19-30(23)34(29)20-10-6-5-7-11-20/h5-13,16-19,33H,14-15H2,1-4H3. The van der Waals surface area contributed by atoms with Gasteiger partial charge in [0.15, 0.2) is 0 Å². The highest BCUT2D eigenvalue weighted by atomic mass is 15.0. The molecule has 1 aliphatic carbocycles. The van der Waals surface area contributed by atoms with E-state index >= 15 is 0 Å². The Bertz CT molecular complexity index is 1740. The third kappa shape index (κ3) is 2.63. The zero-order valence-electron chi connectivity index (χ0n) is 20.4. The number of para-hydroxylation sites is 2. The summed E-state index contributed by atoms with van der Waals surface area (Å²) < 4.78 is 2.47. The molecule has 168 valence electrons. The minimum Gasteiger partial charge on any atom is -0.354 e. The van der Waals surface area contributed by atoms with E-state index in [1.807, 2.05) is 0 Å². The minimum atomic E-state index is 0.180. The van der Waals surface area contributed by atoms with Gasteiger partial charge in [-0.15, -0.1) is 0 Å². The van der Waals surface area contributed by atoms with Crippen LogP contribution in [0.5, 0.6) is 0 Å². The van der Waals surface area contributed by atoms with Crippen molar-refractivity contribution in [3.05, 3.63) is 90.0 Å². The van der Waals surface area contributed by atoms with Crippen molar-refractivity contribution in [2.45, 2.75) is 51.4 Å². The Hall–Kier alpha value is -3.52. The minimum absolute atomic E-state index is 0.180. The van der Waals surface area contributed by atoms with Gasteiger partial charge in [0.2, 0.25) is 0 Å². The molecule has 4 aromatic carbocycles. The van der Waals surface area contributed by atoms with Crippen LogP contribution in [0.1, 0.15) is 51.7 Å². The monoisotopic (exact) mass is 442 g/mol. The number of hydrogen-bond donors (Lipinski definition) is 1. The van der Waals surface area contributed by atoms with Crippen LogP contribution in [0.15, 0.2) is 78.9 Å². The summed E-state index contributed by atoms with van der Waals surface area (Å²) in [4.78, 5) is 3.66. The molecule has 7 rings (SSSR count). The third-order valence-electron chi connectivity index (χ3n) is 8.38. The number of rotatable bonds is 1. The summed E-state index contributed by atoms with van der Waals surface area (Å²) in [5, 5.41) is 5.28. The predicted octanol–water partition coefficient (Wildman–Crippen LogP) is 8.77. The summed E-state index contributed by atoms with van der Waals surface area (Å²) in [6.45, 7) is 9.66. The van der Waals surface area contributed by atoms with Crippen LogP contribution < -0.4 is 0 Å². The largest absolute Gasteiger partial charge is 0.354 e. The van der Waals surface area contributed by atoms with Crippen molar-refractivity contribution in [2.75, 3.05) is 0 Å². The van der Waals surface area contributed by atoms with Gasteiger partial charge in [0.05, 0.1) is 11.0 Å². The fraction of sp³-hybridized carbons (Fsp3) is 0.250. The lowest BCUT2D eigenvalue weighted by Gasteiger charge is -2.42. The lowest BCUT2D eigenvalue weighted by Crippen LogP contribution is -2.33. The van der Waals surface area contributed by atoms with E-state index in [2.05, 4.69) is 116 Å². The van der Waals surface area contributed by atoms with Crippen LogP contribution in [0.4, 0.5) is 0 Å². The summed E-state index contributed by atoms with van der Waals surface area (Å²) >= 11 is 0. The molecule has 0 atom stereocenters. The average Bonchev–Trinajstić information content (AvgIpc) is 3.35. The number of nitrogens with zero attached hydrogens (tertiary/aromatic N) is 1. The van der Waals surface area contributed by atoms with Gasteiger partial charge in [-0.1, -0.05) is 64.1 Å². The second-order valence-corrected chi connectivity index (χ2v) is 11.4. The Morgan fingerprint density at radius 2 is 1.21 bits per heavy atom. The van der Waals surface area contributed by atoms with Crippen molar-refractivity contribution < 1.29 is 0 Å². The Kier molecular flexibility index (Phi) is 3.83. The molecule has 1 N–H and O–H groups in total. The predicted molar refractivity (Wildman–Crippen MR) is 145 cm³/mol. The van der Waals surface area contributed by atoms with Gasteiger partial charge in [-0.3, -0.25) is 0 Å². The average molecular weight is 443 g/mol. The molecule has 0 saturated heterocycles. The number of H-pyrrole nitrogens is 1. The molecule has 6 aromatic rings. The van der Waals surface area contributed by atoms with E-state index in [4.69, 9.17) is 0 Å². The molecule has 2 aromatic heterocycles. The lowest BCUT2D eigenvalue weighted by molar-refractivity contribution is 0.332. The molecule has 0 saturated carbocycles. The normalized spacial score (nSPS) is 17.1. The third-order valence-corrected chi connectivity index (χ3v) is 8.38. The number of benzene rings is 4. The first-order valence-electron chi connectivity index (χ1n) is 12.4. The highest BCUT2D eigenvalue weighted by Gasteiger charge is 2.37. The second kappa shape index (κ2) is 6.54. The molecule has 34 heavy (non-hydrogen) atoms. The fourth-order valence-corrected chi connectivity index (χ4v) is 6.28. The zero-order chi connectivity index (χ0) is 23.2. The van der Waals surface area contributed by atoms with E-state index in [0.29, 0.717) is 0 Å². The van der Waals surface area contributed by atoms with Gasteiger partial charge in [0.1, 0.15) is 0 Å². The van der Waals surface area contributed by atoms with Gasteiger partial charge in [-0.25, -0.2) is 0 Å². The van der Waals surface area contributed by atoms with Gasteiger partial charge in [-0.05, 0) is 77.3 Å². The van der Waals surface area contributed by atoms with Crippen LogP contribution in [0, 0.1) is 0 Å². The first kappa shape index (κ1) is 19.9. The Labute approximate surface area is 200 Å². The number of aromatic amines is 1.